The first kappa shape index (κ1) is 13.1. The second-order valence-corrected chi connectivity index (χ2v) is 6.79. The molecule has 3 atom stereocenters. The number of hydrogen-bond acceptors (Lipinski definition) is 3. The van der Waals surface area contributed by atoms with Gasteiger partial charge in [0.2, 0.25) is 5.91 Å². The van der Waals surface area contributed by atoms with Gasteiger partial charge in [0.25, 0.3) is 0 Å². The summed E-state index contributed by atoms with van der Waals surface area (Å²) >= 11 is 1.78. The molecule has 1 amide bonds. The molecule has 19 heavy (non-hydrogen) atoms. The van der Waals surface area contributed by atoms with E-state index in [1.807, 2.05) is 4.90 Å². The molecule has 1 aliphatic heterocycles. The van der Waals surface area contributed by atoms with Crippen molar-refractivity contribution in [2.75, 3.05) is 13.2 Å². The summed E-state index contributed by atoms with van der Waals surface area (Å²) in [7, 11) is 0. The van der Waals surface area contributed by atoms with Crippen LogP contribution < -0.4 is 0 Å². The van der Waals surface area contributed by atoms with Crippen LogP contribution in [0.1, 0.15) is 42.5 Å². The van der Waals surface area contributed by atoms with E-state index in [2.05, 4.69) is 18.4 Å². The minimum atomic E-state index is 0.0245. The lowest BCUT2D eigenvalue weighted by atomic mass is 9.86. The molecule has 0 spiro atoms. The first-order valence-corrected chi connectivity index (χ1v) is 8.08. The van der Waals surface area contributed by atoms with Crippen LogP contribution in [0.2, 0.25) is 0 Å². The standard InChI is InChI=1S/C15H21NO2S/c1-10-5-7-16(13(10)9-17)15(18)12-3-2-4-14-11(12)6-8-19-14/h6,8,10,12-13,17H,2-5,7,9H2,1H3. The average Bonchev–Trinajstić information content (AvgIpc) is 3.03. The third kappa shape index (κ3) is 2.21. The summed E-state index contributed by atoms with van der Waals surface area (Å²) in [6.45, 7) is 3.03. The molecule has 2 aliphatic rings. The Hall–Kier alpha value is -0.870. The Kier molecular flexibility index (Phi) is 3.63. The molecule has 104 valence electrons. The molecule has 0 radical (unpaired) electrons. The van der Waals surface area contributed by atoms with Crippen LogP contribution in [0.15, 0.2) is 11.4 Å². The predicted molar refractivity (Wildman–Crippen MR) is 76.4 cm³/mol. The normalized spacial score (nSPS) is 30.4. The van der Waals surface area contributed by atoms with Crippen LogP contribution in [0.3, 0.4) is 0 Å². The Morgan fingerprint density at radius 3 is 3.16 bits per heavy atom. The van der Waals surface area contributed by atoms with Gasteiger partial charge in [0.15, 0.2) is 0 Å². The van der Waals surface area contributed by atoms with Crippen LogP contribution in [-0.2, 0) is 11.2 Å². The van der Waals surface area contributed by atoms with Crippen molar-refractivity contribution in [3.8, 4) is 0 Å². The van der Waals surface area contributed by atoms with E-state index in [0.717, 1.165) is 32.2 Å². The number of aryl methyl sites for hydroxylation is 1. The van der Waals surface area contributed by atoms with Crippen LogP contribution in [0.4, 0.5) is 0 Å². The van der Waals surface area contributed by atoms with Crippen molar-refractivity contribution in [3.63, 3.8) is 0 Å². The smallest absolute Gasteiger partial charge is 0.230 e. The molecule has 0 saturated carbocycles. The number of nitrogens with zero attached hydrogens (tertiary/aromatic N) is 1. The molecule has 4 heteroatoms. The van der Waals surface area contributed by atoms with Gasteiger partial charge in [-0.1, -0.05) is 6.92 Å². The van der Waals surface area contributed by atoms with E-state index in [4.69, 9.17) is 0 Å². The fourth-order valence-electron chi connectivity index (χ4n) is 3.50. The van der Waals surface area contributed by atoms with Crippen molar-refractivity contribution in [2.45, 2.75) is 44.6 Å². The number of aliphatic hydroxyl groups excluding tert-OH is 1. The highest BCUT2D eigenvalue weighted by Crippen LogP contribution is 2.38. The van der Waals surface area contributed by atoms with Crippen molar-refractivity contribution >= 4 is 17.2 Å². The second-order valence-electron chi connectivity index (χ2n) is 5.79. The molecular formula is C15H21NO2S. The number of fused-ring (bicyclic) bond motifs is 1. The maximum Gasteiger partial charge on any atom is 0.230 e. The van der Waals surface area contributed by atoms with Gasteiger partial charge >= 0.3 is 0 Å². The third-order valence-electron chi connectivity index (χ3n) is 4.70. The summed E-state index contributed by atoms with van der Waals surface area (Å²) in [5.74, 6) is 0.691. The Morgan fingerprint density at radius 2 is 2.37 bits per heavy atom. The van der Waals surface area contributed by atoms with Crippen LogP contribution in [0.25, 0.3) is 0 Å². The van der Waals surface area contributed by atoms with E-state index < -0.39 is 0 Å². The van der Waals surface area contributed by atoms with Gasteiger partial charge in [-0.25, -0.2) is 0 Å². The number of aliphatic hydroxyl groups is 1. The highest BCUT2D eigenvalue weighted by atomic mass is 32.1. The van der Waals surface area contributed by atoms with Crippen LogP contribution in [-0.4, -0.2) is 35.1 Å². The molecule has 0 aromatic carbocycles. The van der Waals surface area contributed by atoms with Gasteiger partial charge in [0, 0.05) is 11.4 Å². The molecule has 1 aromatic heterocycles. The zero-order valence-electron chi connectivity index (χ0n) is 11.3. The van der Waals surface area contributed by atoms with E-state index in [1.54, 1.807) is 11.3 Å². The summed E-state index contributed by atoms with van der Waals surface area (Å²) in [6.07, 6.45) is 4.21. The van der Waals surface area contributed by atoms with Crippen LogP contribution in [0, 0.1) is 5.92 Å². The summed E-state index contributed by atoms with van der Waals surface area (Å²) in [5.41, 5.74) is 1.25. The van der Waals surface area contributed by atoms with Crippen molar-refractivity contribution < 1.29 is 9.90 Å². The number of rotatable bonds is 2. The number of thiophene rings is 1. The van der Waals surface area contributed by atoms with Gasteiger partial charge in [-0.2, -0.15) is 0 Å². The lowest BCUT2D eigenvalue weighted by Gasteiger charge is -2.31. The average molecular weight is 279 g/mol. The maximum absolute atomic E-state index is 12.8. The van der Waals surface area contributed by atoms with Crippen molar-refractivity contribution in [3.05, 3.63) is 21.9 Å². The highest BCUT2D eigenvalue weighted by molar-refractivity contribution is 7.10. The number of amides is 1. The fraction of sp³-hybridized carbons (Fsp3) is 0.667. The Bertz CT molecular complexity index is 470. The van der Waals surface area contributed by atoms with Gasteiger partial charge in [0.1, 0.15) is 0 Å². The Balaban J connectivity index is 1.82. The Morgan fingerprint density at radius 1 is 1.53 bits per heavy atom. The van der Waals surface area contributed by atoms with E-state index >= 15 is 0 Å². The first-order valence-electron chi connectivity index (χ1n) is 7.20. The summed E-state index contributed by atoms with van der Waals surface area (Å²) in [4.78, 5) is 16.1. The zero-order chi connectivity index (χ0) is 13.4. The summed E-state index contributed by atoms with van der Waals surface area (Å²) in [5, 5.41) is 11.6. The topological polar surface area (TPSA) is 40.5 Å². The summed E-state index contributed by atoms with van der Waals surface area (Å²) in [6, 6.07) is 2.14. The number of hydrogen-bond donors (Lipinski definition) is 1. The van der Waals surface area contributed by atoms with Gasteiger partial charge < -0.3 is 10.0 Å². The van der Waals surface area contributed by atoms with Gasteiger partial charge in [0.05, 0.1) is 18.6 Å². The molecule has 1 N–H and O–H groups in total. The van der Waals surface area contributed by atoms with Crippen LogP contribution >= 0.6 is 11.3 Å². The number of carbonyl (C=O) groups excluding carboxylic acids is 1. The molecule has 1 aliphatic carbocycles. The lowest BCUT2D eigenvalue weighted by molar-refractivity contribution is -0.135. The SMILES string of the molecule is CC1CCN(C(=O)C2CCCc3sccc32)C1CO. The van der Waals surface area contributed by atoms with Gasteiger partial charge in [-0.05, 0) is 48.6 Å². The van der Waals surface area contributed by atoms with E-state index in [-0.39, 0.29) is 24.5 Å². The fourth-order valence-corrected chi connectivity index (χ4v) is 4.49. The molecule has 3 unspecified atom stereocenters. The summed E-state index contributed by atoms with van der Waals surface area (Å²) < 4.78 is 0. The molecule has 3 rings (SSSR count). The first-order chi connectivity index (χ1) is 9.22. The lowest BCUT2D eigenvalue weighted by Crippen LogP contribution is -2.42. The molecule has 0 bridgehead atoms. The van der Waals surface area contributed by atoms with Crippen molar-refractivity contribution in [2.24, 2.45) is 5.92 Å². The number of likely N-dealkylation sites (tertiary alicyclic amines) is 1. The van der Waals surface area contributed by atoms with Crippen molar-refractivity contribution in [1.82, 2.24) is 4.90 Å². The van der Waals surface area contributed by atoms with Crippen molar-refractivity contribution in [1.29, 1.82) is 0 Å². The second kappa shape index (κ2) is 5.25. The largest absolute Gasteiger partial charge is 0.394 e. The molecule has 1 fully saturated rings. The monoisotopic (exact) mass is 279 g/mol. The maximum atomic E-state index is 12.8. The molecule has 1 aromatic rings. The zero-order valence-corrected chi connectivity index (χ0v) is 12.2. The molecule has 1 saturated heterocycles. The predicted octanol–water partition coefficient (Wildman–Crippen LogP) is 2.40. The van der Waals surface area contributed by atoms with E-state index in [0.29, 0.717) is 5.92 Å². The van der Waals surface area contributed by atoms with Gasteiger partial charge in [-0.15, -0.1) is 11.3 Å². The Labute approximate surface area is 118 Å². The van der Waals surface area contributed by atoms with E-state index in [9.17, 15) is 9.90 Å². The quantitative estimate of drug-likeness (QED) is 0.903. The minimum Gasteiger partial charge on any atom is -0.394 e. The minimum absolute atomic E-state index is 0.0245. The highest BCUT2D eigenvalue weighted by Gasteiger charge is 2.38. The number of carbonyl (C=O) groups is 1. The molecule has 3 nitrogen and oxygen atoms in total. The molecule has 2 heterocycles. The molecular weight excluding hydrogens is 258 g/mol. The van der Waals surface area contributed by atoms with Gasteiger partial charge in [-0.3, -0.25) is 4.79 Å². The van der Waals surface area contributed by atoms with E-state index in [1.165, 1.54) is 10.4 Å². The van der Waals surface area contributed by atoms with Crippen LogP contribution in [0.5, 0.6) is 0 Å². The third-order valence-corrected chi connectivity index (χ3v) is 5.70.